The molecule has 1 saturated carbocycles. The first-order valence-corrected chi connectivity index (χ1v) is 6.80. The summed E-state index contributed by atoms with van der Waals surface area (Å²) in [5, 5.41) is 10.1. The summed E-state index contributed by atoms with van der Waals surface area (Å²) in [6, 6.07) is 11.4. The summed E-state index contributed by atoms with van der Waals surface area (Å²) in [6.45, 7) is 0. The van der Waals surface area contributed by atoms with Crippen LogP contribution in [-0.4, -0.2) is 10.1 Å². The Morgan fingerprint density at radius 1 is 1.11 bits per heavy atom. The Kier molecular flexibility index (Phi) is 3.11. The minimum Gasteiger partial charge on any atom is -0.508 e. The maximum Gasteiger partial charge on any atom is 0.124 e. The van der Waals surface area contributed by atoms with Crippen molar-refractivity contribution in [3.05, 3.63) is 42.0 Å². The van der Waals surface area contributed by atoms with Gasteiger partial charge < -0.3 is 10.8 Å². The predicted molar refractivity (Wildman–Crippen MR) is 77.0 cm³/mol. The van der Waals surface area contributed by atoms with E-state index in [9.17, 15) is 5.11 Å². The van der Waals surface area contributed by atoms with E-state index in [1.807, 2.05) is 18.2 Å². The van der Waals surface area contributed by atoms with Crippen LogP contribution >= 0.6 is 0 Å². The van der Waals surface area contributed by atoms with Crippen LogP contribution in [0.3, 0.4) is 0 Å². The number of anilines is 1. The van der Waals surface area contributed by atoms with Crippen molar-refractivity contribution >= 4 is 5.82 Å². The second-order valence-electron chi connectivity index (χ2n) is 5.20. The Labute approximate surface area is 113 Å². The normalized spacial score (nSPS) is 15.8. The van der Waals surface area contributed by atoms with Gasteiger partial charge in [-0.1, -0.05) is 18.9 Å². The van der Waals surface area contributed by atoms with Crippen molar-refractivity contribution in [2.75, 3.05) is 5.73 Å². The molecule has 1 heterocycles. The third kappa shape index (κ3) is 2.41. The molecule has 0 atom stereocenters. The average molecular weight is 254 g/mol. The van der Waals surface area contributed by atoms with E-state index in [2.05, 4.69) is 11.1 Å². The van der Waals surface area contributed by atoms with Gasteiger partial charge in [0.05, 0.1) is 5.69 Å². The molecular formula is C16H18N2O. The second-order valence-corrected chi connectivity index (χ2v) is 5.20. The molecule has 3 heteroatoms. The van der Waals surface area contributed by atoms with Crippen LogP contribution in [0.2, 0.25) is 0 Å². The summed E-state index contributed by atoms with van der Waals surface area (Å²) >= 11 is 0. The molecule has 1 aliphatic carbocycles. The van der Waals surface area contributed by atoms with Crippen LogP contribution in [0.25, 0.3) is 11.3 Å². The van der Waals surface area contributed by atoms with Crippen LogP contribution in [-0.2, 0) is 0 Å². The molecule has 1 aromatic heterocycles. The summed E-state index contributed by atoms with van der Waals surface area (Å²) in [4.78, 5) is 4.34. The first kappa shape index (κ1) is 12.0. The van der Waals surface area contributed by atoms with Gasteiger partial charge >= 0.3 is 0 Å². The number of pyridine rings is 1. The first-order chi connectivity index (χ1) is 9.24. The SMILES string of the molecule is Nc1cccc(-c2ccc(O)c(C3CCCC3)c2)n1. The highest BCUT2D eigenvalue weighted by Crippen LogP contribution is 2.39. The highest BCUT2D eigenvalue weighted by atomic mass is 16.3. The van der Waals surface area contributed by atoms with Gasteiger partial charge in [0.2, 0.25) is 0 Å². The minimum absolute atomic E-state index is 0.402. The van der Waals surface area contributed by atoms with Gasteiger partial charge in [0, 0.05) is 5.56 Å². The second kappa shape index (κ2) is 4.92. The van der Waals surface area contributed by atoms with Gasteiger partial charge in [-0.05, 0) is 54.7 Å². The predicted octanol–water partition coefficient (Wildman–Crippen LogP) is 3.69. The van der Waals surface area contributed by atoms with Crippen molar-refractivity contribution in [3.8, 4) is 17.0 Å². The van der Waals surface area contributed by atoms with Crippen LogP contribution in [0.15, 0.2) is 36.4 Å². The maximum absolute atomic E-state index is 10.1. The monoisotopic (exact) mass is 254 g/mol. The van der Waals surface area contributed by atoms with Gasteiger partial charge in [0.15, 0.2) is 0 Å². The Morgan fingerprint density at radius 2 is 1.89 bits per heavy atom. The fourth-order valence-electron chi connectivity index (χ4n) is 2.89. The van der Waals surface area contributed by atoms with Crippen molar-refractivity contribution in [1.29, 1.82) is 0 Å². The van der Waals surface area contributed by atoms with E-state index in [1.54, 1.807) is 12.1 Å². The van der Waals surface area contributed by atoms with E-state index in [-0.39, 0.29) is 0 Å². The number of aromatic hydroxyl groups is 1. The third-order valence-electron chi connectivity index (χ3n) is 3.89. The molecule has 0 spiro atoms. The quantitative estimate of drug-likeness (QED) is 0.859. The third-order valence-corrected chi connectivity index (χ3v) is 3.89. The van der Waals surface area contributed by atoms with Crippen molar-refractivity contribution in [2.45, 2.75) is 31.6 Å². The van der Waals surface area contributed by atoms with Gasteiger partial charge in [0.25, 0.3) is 0 Å². The topological polar surface area (TPSA) is 59.1 Å². The van der Waals surface area contributed by atoms with E-state index in [4.69, 9.17) is 5.73 Å². The molecular weight excluding hydrogens is 236 g/mol. The number of nitrogens with two attached hydrogens (primary N) is 1. The number of phenols is 1. The molecule has 0 bridgehead atoms. The summed E-state index contributed by atoms with van der Waals surface area (Å²) in [7, 11) is 0. The van der Waals surface area contributed by atoms with Crippen LogP contribution < -0.4 is 5.73 Å². The fraction of sp³-hybridized carbons (Fsp3) is 0.312. The molecule has 1 fully saturated rings. The highest BCUT2D eigenvalue weighted by Gasteiger charge is 2.20. The summed E-state index contributed by atoms with van der Waals surface area (Å²) in [6.07, 6.45) is 4.85. The molecule has 3 N–H and O–H groups in total. The molecule has 1 aromatic carbocycles. The fourth-order valence-corrected chi connectivity index (χ4v) is 2.89. The number of benzene rings is 1. The molecule has 0 aliphatic heterocycles. The van der Waals surface area contributed by atoms with E-state index in [0.29, 0.717) is 17.5 Å². The van der Waals surface area contributed by atoms with Crippen LogP contribution in [0.4, 0.5) is 5.82 Å². The van der Waals surface area contributed by atoms with Gasteiger partial charge in [-0.25, -0.2) is 4.98 Å². The zero-order valence-corrected chi connectivity index (χ0v) is 10.8. The van der Waals surface area contributed by atoms with Gasteiger partial charge in [0.1, 0.15) is 11.6 Å². The standard InChI is InChI=1S/C16H18N2O/c17-16-7-3-6-14(18-16)12-8-9-15(19)13(10-12)11-4-1-2-5-11/h3,6-11,19H,1-2,4-5H2,(H2,17,18). The van der Waals surface area contributed by atoms with E-state index >= 15 is 0 Å². The van der Waals surface area contributed by atoms with Gasteiger partial charge in [-0.15, -0.1) is 0 Å². The average Bonchev–Trinajstić information content (AvgIpc) is 2.93. The molecule has 0 amide bonds. The summed E-state index contributed by atoms with van der Waals surface area (Å²) in [5.74, 6) is 1.41. The number of hydrogen-bond donors (Lipinski definition) is 2. The van der Waals surface area contributed by atoms with Crippen LogP contribution in [0.1, 0.15) is 37.2 Å². The maximum atomic E-state index is 10.1. The molecule has 19 heavy (non-hydrogen) atoms. The Hall–Kier alpha value is -2.03. The smallest absolute Gasteiger partial charge is 0.124 e. The summed E-state index contributed by atoms with van der Waals surface area (Å²) < 4.78 is 0. The number of rotatable bonds is 2. The van der Waals surface area contributed by atoms with Gasteiger partial charge in [-0.3, -0.25) is 0 Å². The Balaban J connectivity index is 2.01. The van der Waals surface area contributed by atoms with E-state index < -0.39 is 0 Å². The number of nitrogens with zero attached hydrogens (tertiary/aromatic N) is 1. The molecule has 98 valence electrons. The number of hydrogen-bond acceptors (Lipinski definition) is 3. The minimum atomic E-state index is 0.402. The Morgan fingerprint density at radius 3 is 2.63 bits per heavy atom. The lowest BCUT2D eigenvalue weighted by Crippen LogP contribution is -1.95. The number of phenolic OH excluding ortho intramolecular Hbond substituents is 1. The lowest BCUT2D eigenvalue weighted by molar-refractivity contribution is 0.461. The highest BCUT2D eigenvalue weighted by molar-refractivity contribution is 5.63. The van der Waals surface area contributed by atoms with E-state index in [1.165, 1.54) is 25.7 Å². The van der Waals surface area contributed by atoms with E-state index in [0.717, 1.165) is 16.8 Å². The van der Waals surface area contributed by atoms with Crippen LogP contribution in [0.5, 0.6) is 5.75 Å². The molecule has 0 radical (unpaired) electrons. The largest absolute Gasteiger partial charge is 0.508 e. The van der Waals surface area contributed by atoms with Crippen LogP contribution in [0, 0.1) is 0 Å². The number of nitrogen functional groups attached to an aromatic ring is 1. The zero-order chi connectivity index (χ0) is 13.2. The van der Waals surface area contributed by atoms with Crippen molar-refractivity contribution in [3.63, 3.8) is 0 Å². The summed E-state index contributed by atoms with van der Waals surface area (Å²) in [5.41, 5.74) is 8.66. The molecule has 3 nitrogen and oxygen atoms in total. The molecule has 0 unspecified atom stereocenters. The Bertz CT molecular complexity index is 589. The number of aromatic nitrogens is 1. The molecule has 3 rings (SSSR count). The lowest BCUT2D eigenvalue weighted by Gasteiger charge is -2.13. The van der Waals surface area contributed by atoms with Gasteiger partial charge in [-0.2, -0.15) is 0 Å². The van der Waals surface area contributed by atoms with Crippen molar-refractivity contribution in [1.82, 2.24) is 4.98 Å². The lowest BCUT2D eigenvalue weighted by atomic mass is 9.94. The zero-order valence-electron chi connectivity index (χ0n) is 10.8. The van der Waals surface area contributed by atoms with Crippen molar-refractivity contribution in [2.24, 2.45) is 0 Å². The van der Waals surface area contributed by atoms with Crippen molar-refractivity contribution < 1.29 is 5.11 Å². The molecule has 0 saturated heterocycles. The molecule has 2 aromatic rings. The first-order valence-electron chi connectivity index (χ1n) is 6.80. The molecule has 1 aliphatic rings.